The van der Waals surface area contributed by atoms with Crippen molar-refractivity contribution in [1.29, 1.82) is 0 Å². The van der Waals surface area contributed by atoms with Crippen molar-refractivity contribution in [2.45, 2.75) is 30.4 Å². The number of halogens is 1. The van der Waals surface area contributed by atoms with Gasteiger partial charge in [0.1, 0.15) is 0 Å². The highest BCUT2D eigenvalue weighted by Gasteiger charge is 2.34. The van der Waals surface area contributed by atoms with Gasteiger partial charge in [-0.1, -0.05) is 18.2 Å². The van der Waals surface area contributed by atoms with Gasteiger partial charge in [0.15, 0.2) is 0 Å². The summed E-state index contributed by atoms with van der Waals surface area (Å²) in [6, 6.07) is 9.97. The molecule has 1 atom stereocenters. The normalized spacial score (nSPS) is 21.8. The Hall–Kier alpha value is -0.710. The third kappa shape index (κ3) is 4.40. The molecule has 110 valence electrons. The van der Waals surface area contributed by atoms with Crippen molar-refractivity contribution >= 4 is 29.3 Å². The SMILES string of the molecule is CC1(C)CN(C(=O)CSc2ccccc2)CC(CCl)O1. The van der Waals surface area contributed by atoms with Crippen LogP contribution in [0.15, 0.2) is 35.2 Å². The molecule has 1 amide bonds. The zero-order chi connectivity index (χ0) is 14.6. The van der Waals surface area contributed by atoms with Crippen LogP contribution in [0.5, 0.6) is 0 Å². The molecule has 20 heavy (non-hydrogen) atoms. The Labute approximate surface area is 129 Å². The van der Waals surface area contributed by atoms with Crippen molar-refractivity contribution in [2.75, 3.05) is 24.7 Å². The Morgan fingerprint density at radius 2 is 2.15 bits per heavy atom. The number of alkyl halides is 1. The van der Waals surface area contributed by atoms with Crippen molar-refractivity contribution < 1.29 is 9.53 Å². The number of hydrogen-bond acceptors (Lipinski definition) is 3. The van der Waals surface area contributed by atoms with Crippen molar-refractivity contribution in [3.63, 3.8) is 0 Å². The number of benzene rings is 1. The lowest BCUT2D eigenvalue weighted by molar-refractivity contribution is -0.155. The van der Waals surface area contributed by atoms with Gasteiger partial charge in [0.2, 0.25) is 5.91 Å². The molecule has 1 unspecified atom stereocenters. The highest BCUT2D eigenvalue weighted by atomic mass is 35.5. The molecule has 3 nitrogen and oxygen atoms in total. The van der Waals surface area contributed by atoms with Crippen molar-refractivity contribution in [1.82, 2.24) is 4.90 Å². The van der Waals surface area contributed by atoms with Gasteiger partial charge < -0.3 is 9.64 Å². The second-order valence-corrected chi connectivity index (χ2v) is 6.89. The third-order valence-electron chi connectivity index (χ3n) is 3.11. The van der Waals surface area contributed by atoms with Gasteiger partial charge >= 0.3 is 0 Å². The van der Waals surface area contributed by atoms with Gasteiger partial charge in [-0.05, 0) is 26.0 Å². The lowest BCUT2D eigenvalue weighted by Gasteiger charge is -2.42. The van der Waals surface area contributed by atoms with E-state index in [1.54, 1.807) is 11.8 Å². The Balaban J connectivity index is 1.91. The lowest BCUT2D eigenvalue weighted by Crippen LogP contribution is -2.55. The van der Waals surface area contributed by atoms with Crippen LogP contribution in [-0.2, 0) is 9.53 Å². The van der Waals surface area contributed by atoms with Gasteiger partial charge in [-0.25, -0.2) is 0 Å². The lowest BCUT2D eigenvalue weighted by atomic mass is 10.1. The van der Waals surface area contributed by atoms with Crippen molar-refractivity contribution in [2.24, 2.45) is 0 Å². The van der Waals surface area contributed by atoms with Gasteiger partial charge in [-0.15, -0.1) is 23.4 Å². The van der Waals surface area contributed by atoms with Crippen LogP contribution in [0.4, 0.5) is 0 Å². The second kappa shape index (κ2) is 6.83. The summed E-state index contributed by atoms with van der Waals surface area (Å²) in [5, 5.41) is 0. The maximum absolute atomic E-state index is 12.3. The average Bonchev–Trinajstić information content (AvgIpc) is 2.44. The molecule has 0 aliphatic carbocycles. The number of carbonyl (C=O) groups is 1. The number of morpholine rings is 1. The number of nitrogens with zero attached hydrogens (tertiary/aromatic N) is 1. The molecule has 0 aromatic heterocycles. The fourth-order valence-electron chi connectivity index (χ4n) is 2.32. The summed E-state index contributed by atoms with van der Waals surface area (Å²) in [6.07, 6.45) is -0.0777. The number of thioether (sulfide) groups is 1. The Bertz CT molecular complexity index is 452. The Morgan fingerprint density at radius 1 is 1.45 bits per heavy atom. The van der Waals surface area contributed by atoms with Gasteiger partial charge in [-0.2, -0.15) is 0 Å². The molecular weight excluding hydrogens is 294 g/mol. The minimum Gasteiger partial charge on any atom is -0.367 e. The molecule has 1 aromatic rings. The summed E-state index contributed by atoms with van der Waals surface area (Å²) < 4.78 is 5.83. The summed E-state index contributed by atoms with van der Waals surface area (Å²) in [6.45, 7) is 5.20. The zero-order valence-electron chi connectivity index (χ0n) is 11.8. The van der Waals surface area contributed by atoms with Gasteiger partial charge in [0, 0.05) is 18.0 Å². The highest BCUT2D eigenvalue weighted by Crippen LogP contribution is 2.24. The second-order valence-electron chi connectivity index (χ2n) is 5.53. The number of hydrogen-bond donors (Lipinski definition) is 0. The molecule has 1 aliphatic heterocycles. The standard InChI is InChI=1S/C15H20ClNO2S/c1-15(2)11-17(9-12(8-16)19-15)14(18)10-20-13-6-4-3-5-7-13/h3-7,12H,8-11H2,1-2H3. The van der Waals surface area contributed by atoms with Crippen LogP contribution in [0.25, 0.3) is 0 Å². The minimum atomic E-state index is -0.328. The topological polar surface area (TPSA) is 29.5 Å². The Kier molecular flexibility index (Phi) is 5.35. The molecule has 0 bridgehead atoms. The summed E-state index contributed by atoms with van der Waals surface area (Å²) in [4.78, 5) is 15.3. The first-order chi connectivity index (χ1) is 9.50. The molecule has 0 N–H and O–H groups in total. The summed E-state index contributed by atoms with van der Waals surface area (Å²) in [5.41, 5.74) is -0.328. The average molecular weight is 314 g/mol. The number of ether oxygens (including phenoxy) is 1. The summed E-state index contributed by atoms with van der Waals surface area (Å²) in [7, 11) is 0. The first-order valence-corrected chi connectivity index (χ1v) is 8.21. The fourth-order valence-corrected chi connectivity index (χ4v) is 3.30. The first kappa shape index (κ1) is 15.7. The quantitative estimate of drug-likeness (QED) is 0.632. The van der Waals surface area contributed by atoms with Crippen LogP contribution in [0, 0.1) is 0 Å². The summed E-state index contributed by atoms with van der Waals surface area (Å²) in [5.74, 6) is 1.01. The van der Waals surface area contributed by atoms with Crippen LogP contribution in [0.3, 0.4) is 0 Å². The molecule has 0 spiro atoms. The molecule has 1 fully saturated rings. The smallest absolute Gasteiger partial charge is 0.233 e. The van der Waals surface area contributed by atoms with E-state index < -0.39 is 0 Å². The number of carbonyl (C=O) groups excluding carboxylic acids is 1. The van der Waals surface area contributed by atoms with Crippen LogP contribution < -0.4 is 0 Å². The highest BCUT2D eigenvalue weighted by molar-refractivity contribution is 8.00. The van der Waals surface area contributed by atoms with Crippen LogP contribution in [0.2, 0.25) is 0 Å². The molecule has 2 rings (SSSR count). The Morgan fingerprint density at radius 3 is 2.80 bits per heavy atom. The van der Waals surface area contributed by atoms with E-state index in [4.69, 9.17) is 16.3 Å². The molecule has 5 heteroatoms. The van der Waals surface area contributed by atoms with Gasteiger partial charge in [0.05, 0.1) is 23.3 Å². The van der Waals surface area contributed by atoms with Crippen LogP contribution >= 0.6 is 23.4 Å². The van der Waals surface area contributed by atoms with Crippen LogP contribution in [-0.4, -0.2) is 47.2 Å². The van der Waals surface area contributed by atoms with E-state index in [2.05, 4.69) is 0 Å². The fraction of sp³-hybridized carbons (Fsp3) is 0.533. The van der Waals surface area contributed by atoms with E-state index >= 15 is 0 Å². The predicted octanol–water partition coefficient (Wildman–Crippen LogP) is 3.02. The van der Waals surface area contributed by atoms with E-state index in [1.807, 2.05) is 49.1 Å². The third-order valence-corrected chi connectivity index (χ3v) is 4.45. The van der Waals surface area contributed by atoms with Gasteiger partial charge in [-0.3, -0.25) is 4.79 Å². The zero-order valence-corrected chi connectivity index (χ0v) is 13.4. The molecular formula is C15H20ClNO2S. The van der Waals surface area contributed by atoms with E-state index in [0.29, 0.717) is 24.7 Å². The largest absolute Gasteiger partial charge is 0.367 e. The molecule has 1 saturated heterocycles. The number of rotatable bonds is 4. The van der Waals surface area contributed by atoms with Gasteiger partial charge in [0.25, 0.3) is 0 Å². The van der Waals surface area contributed by atoms with E-state index in [9.17, 15) is 4.79 Å². The van der Waals surface area contributed by atoms with Crippen molar-refractivity contribution in [3.8, 4) is 0 Å². The molecule has 0 saturated carbocycles. The monoisotopic (exact) mass is 313 g/mol. The molecule has 1 aromatic carbocycles. The van der Waals surface area contributed by atoms with Crippen molar-refractivity contribution in [3.05, 3.63) is 30.3 Å². The van der Waals surface area contributed by atoms with E-state index in [-0.39, 0.29) is 17.6 Å². The molecule has 1 heterocycles. The minimum absolute atomic E-state index is 0.0777. The molecule has 0 radical (unpaired) electrons. The maximum Gasteiger partial charge on any atom is 0.233 e. The maximum atomic E-state index is 12.3. The van der Waals surface area contributed by atoms with E-state index in [0.717, 1.165) is 4.90 Å². The molecule has 1 aliphatic rings. The number of amides is 1. The first-order valence-electron chi connectivity index (χ1n) is 6.69. The predicted molar refractivity (Wildman–Crippen MR) is 83.4 cm³/mol. The van der Waals surface area contributed by atoms with Crippen LogP contribution in [0.1, 0.15) is 13.8 Å². The van der Waals surface area contributed by atoms with E-state index in [1.165, 1.54) is 0 Å². The summed E-state index contributed by atoms with van der Waals surface area (Å²) >= 11 is 7.45.